The Bertz CT molecular complexity index is 435. The van der Waals surface area contributed by atoms with Crippen LogP contribution in [0.4, 0.5) is 0 Å². The monoisotopic (exact) mass is 273 g/mol. The number of carbonyl (C=O) groups is 1. The van der Waals surface area contributed by atoms with Crippen LogP contribution in [0.3, 0.4) is 0 Å². The van der Waals surface area contributed by atoms with Gasteiger partial charge in [0.2, 0.25) is 5.91 Å². The molecule has 2 rings (SSSR count). The summed E-state index contributed by atoms with van der Waals surface area (Å²) in [6, 6.07) is 0.269. The molecule has 104 valence electrons. The van der Waals surface area contributed by atoms with E-state index in [4.69, 9.17) is 0 Å². The van der Waals surface area contributed by atoms with Gasteiger partial charge in [-0.05, 0) is 25.7 Å². The highest BCUT2D eigenvalue weighted by molar-refractivity contribution is 7.91. The van der Waals surface area contributed by atoms with E-state index in [0.717, 1.165) is 12.8 Å². The van der Waals surface area contributed by atoms with Crippen LogP contribution in [-0.4, -0.2) is 42.8 Å². The molecule has 0 saturated carbocycles. The van der Waals surface area contributed by atoms with Crippen LogP contribution >= 0.6 is 0 Å². The second kappa shape index (κ2) is 4.22. The molecule has 0 aromatic heterocycles. The number of fused-ring (bicyclic) bond motifs is 2. The highest BCUT2D eigenvalue weighted by Gasteiger charge is 2.47. The zero-order valence-corrected chi connectivity index (χ0v) is 12.5. The fraction of sp³-hybridized carbons (Fsp3) is 0.923. The van der Waals surface area contributed by atoms with Crippen molar-refractivity contribution in [2.24, 2.45) is 5.41 Å². The lowest BCUT2D eigenvalue weighted by Crippen LogP contribution is -2.52. The third-order valence-electron chi connectivity index (χ3n) is 4.17. The van der Waals surface area contributed by atoms with Gasteiger partial charge in [-0.1, -0.05) is 20.8 Å². The number of sulfone groups is 1. The van der Waals surface area contributed by atoms with Gasteiger partial charge in [0.15, 0.2) is 0 Å². The number of nitrogens with zero attached hydrogens (tertiary/aromatic N) is 1. The second-order valence-electron chi connectivity index (χ2n) is 6.77. The molecule has 0 aliphatic carbocycles. The molecule has 0 spiro atoms. The van der Waals surface area contributed by atoms with E-state index in [-0.39, 0.29) is 28.7 Å². The third kappa shape index (κ3) is 2.42. The van der Waals surface area contributed by atoms with Gasteiger partial charge in [0.1, 0.15) is 9.84 Å². The van der Waals surface area contributed by atoms with Crippen LogP contribution < -0.4 is 0 Å². The first-order valence-electron chi connectivity index (χ1n) is 6.62. The van der Waals surface area contributed by atoms with Crippen LogP contribution in [0.5, 0.6) is 0 Å². The van der Waals surface area contributed by atoms with E-state index in [9.17, 15) is 13.2 Å². The number of amides is 1. The summed E-state index contributed by atoms with van der Waals surface area (Å²) in [6.45, 7) is 5.78. The molecule has 0 aromatic rings. The highest BCUT2D eigenvalue weighted by Crippen LogP contribution is 2.40. The minimum absolute atomic E-state index is 0.134. The summed E-state index contributed by atoms with van der Waals surface area (Å²) >= 11 is 0. The molecule has 0 radical (unpaired) electrons. The quantitative estimate of drug-likeness (QED) is 0.729. The van der Waals surface area contributed by atoms with Crippen molar-refractivity contribution in [3.63, 3.8) is 0 Å². The van der Waals surface area contributed by atoms with E-state index in [1.54, 1.807) is 0 Å². The van der Waals surface area contributed by atoms with Crippen molar-refractivity contribution in [1.82, 2.24) is 4.90 Å². The van der Waals surface area contributed by atoms with Gasteiger partial charge in [0.05, 0.1) is 5.25 Å². The van der Waals surface area contributed by atoms with E-state index in [0.29, 0.717) is 12.8 Å². The zero-order chi connectivity index (χ0) is 13.7. The maximum atomic E-state index is 12.4. The molecule has 1 amide bonds. The SMILES string of the molecule is CC(C)(C)C(=O)N1C2CCC1CC(S(C)(=O)=O)C2. The van der Waals surface area contributed by atoms with Crippen molar-refractivity contribution in [3.8, 4) is 0 Å². The summed E-state index contributed by atoms with van der Waals surface area (Å²) < 4.78 is 23.4. The molecule has 18 heavy (non-hydrogen) atoms. The normalized spacial score (nSPS) is 32.7. The molecular weight excluding hydrogens is 250 g/mol. The number of rotatable bonds is 1. The van der Waals surface area contributed by atoms with E-state index >= 15 is 0 Å². The standard InChI is InChI=1S/C13H23NO3S/c1-13(2,3)12(15)14-9-5-6-10(14)8-11(7-9)18(4,16)17/h9-11H,5-8H2,1-4H3. The molecule has 2 aliphatic heterocycles. The number of carbonyl (C=O) groups excluding carboxylic acids is 1. The molecule has 5 heteroatoms. The van der Waals surface area contributed by atoms with Gasteiger partial charge in [-0.3, -0.25) is 4.79 Å². The summed E-state index contributed by atoms with van der Waals surface area (Å²) in [6.07, 6.45) is 4.48. The summed E-state index contributed by atoms with van der Waals surface area (Å²) in [5, 5.41) is -0.251. The molecule has 0 N–H and O–H groups in total. The fourth-order valence-corrected chi connectivity index (χ4v) is 4.34. The van der Waals surface area contributed by atoms with Crippen LogP contribution in [0.2, 0.25) is 0 Å². The molecule has 2 aliphatic rings. The Morgan fingerprint density at radius 3 is 1.89 bits per heavy atom. The van der Waals surface area contributed by atoms with Gasteiger partial charge in [-0.2, -0.15) is 0 Å². The highest BCUT2D eigenvalue weighted by atomic mass is 32.2. The van der Waals surface area contributed by atoms with Crippen LogP contribution in [-0.2, 0) is 14.6 Å². The van der Waals surface area contributed by atoms with E-state index in [2.05, 4.69) is 0 Å². The van der Waals surface area contributed by atoms with Crippen molar-refractivity contribution in [2.45, 2.75) is 63.8 Å². The van der Waals surface area contributed by atoms with Gasteiger partial charge in [-0.25, -0.2) is 8.42 Å². The zero-order valence-electron chi connectivity index (χ0n) is 11.6. The number of piperidine rings is 1. The minimum Gasteiger partial charge on any atom is -0.336 e. The van der Waals surface area contributed by atoms with Crippen LogP contribution in [0, 0.1) is 5.41 Å². The molecule has 2 saturated heterocycles. The van der Waals surface area contributed by atoms with Gasteiger partial charge in [0, 0.05) is 23.8 Å². The Kier molecular flexibility index (Phi) is 3.24. The molecule has 4 nitrogen and oxygen atoms in total. The van der Waals surface area contributed by atoms with Crippen LogP contribution in [0.15, 0.2) is 0 Å². The third-order valence-corrected chi connectivity index (χ3v) is 5.77. The Labute approximate surface area is 110 Å². The molecule has 2 bridgehead atoms. The van der Waals surface area contributed by atoms with Crippen LogP contribution in [0.1, 0.15) is 46.5 Å². The van der Waals surface area contributed by atoms with E-state index < -0.39 is 9.84 Å². The van der Waals surface area contributed by atoms with Crippen molar-refractivity contribution in [1.29, 1.82) is 0 Å². The first-order chi connectivity index (χ1) is 8.10. The van der Waals surface area contributed by atoms with Crippen LogP contribution in [0.25, 0.3) is 0 Å². The molecule has 2 fully saturated rings. The van der Waals surface area contributed by atoms with E-state index in [1.165, 1.54) is 6.26 Å². The van der Waals surface area contributed by atoms with Gasteiger partial charge in [0.25, 0.3) is 0 Å². The molecule has 2 atom stereocenters. The molecule has 2 heterocycles. The van der Waals surface area contributed by atoms with Crippen molar-refractivity contribution >= 4 is 15.7 Å². The average Bonchev–Trinajstić information content (AvgIpc) is 2.43. The Hall–Kier alpha value is -0.580. The maximum absolute atomic E-state index is 12.4. The lowest BCUT2D eigenvalue weighted by atomic mass is 9.91. The number of hydrogen-bond donors (Lipinski definition) is 0. The van der Waals surface area contributed by atoms with Gasteiger partial charge in [-0.15, -0.1) is 0 Å². The minimum atomic E-state index is -2.97. The molecule has 0 aromatic carbocycles. The summed E-state index contributed by atoms with van der Waals surface area (Å²) in [5.41, 5.74) is -0.376. The Balaban J connectivity index is 2.19. The first kappa shape index (κ1) is 13.8. The first-order valence-corrected chi connectivity index (χ1v) is 8.58. The predicted octanol–water partition coefficient (Wildman–Crippen LogP) is 1.60. The summed E-state index contributed by atoms with van der Waals surface area (Å²) in [4.78, 5) is 14.4. The van der Waals surface area contributed by atoms with Crippen molar-refractivity contribution in [2.75, 3.05) is 6.26 Å². The van der Waals surface area contributed by atoms with Crippen molar-refractivity contribution < 1.29 is 13.2 Å². The molecule has 2 unspecified atom stereocenters. The van der Waals surface area contributed by atoms with Gasteiger partial charge < -0.3 is 4.90 Å². The average molecular weight is 273 g/mol. The lowest BCUT2D eigenvalue weighted by molar-refractivity contribution is -0.143. The summed E-state index contributed by atoms with van der Waals surface area (Å²) in [7, 11) is -2.97. The van der Waals surface area contributed by atoms with Gasteiger partial charge >= 0.3 is 0 Å². The second-order valence-corrected chi connectivity index (χ2v) is 9.10. The largest absolute Gasteiger partial charge is 0.336 e. The summed E-state index contributed by atoms with van der Waals surface area (Å²) in [5.74, 6) is 0.168. The Morgan fingerprint density at radius 2 is 1.56 bits per heavy atom. The molecular formula is C13H23NO3S. The van der Waals surface area contributed by atoms with Crippen molar-refractivity contribution in [3.05, 3.63) is 0 Å². The predicted molar refractivity (Wildman–Crippen MR) is 71.0 cm³/mol. The lowest BCUT2D eigenvalue weighted by Gasteiger charge is -2.41. The maximum Gasteiger partial charge on any atom is 0.228 e. The fourth-order valence-electron chi connectivity index (χ4n) is 3.20. The topological polar surface area (TPSA) is 54.5 Å². The smallest absolute Gasteiger partial charge is 0.228 e. The van der Waals surface area contributed by atoms with E-state index in [1.807, 2.05) is 25.7 Å². The Morgan fingerprint density at radius 1 is 1.11 bits per heavy atom. The number of hydrogen-bond acceptors (Lipinski definition) is 3.